The molecule has 114 valence electrons. The molecule has 0 atom stereocenters. The van der Waals surface area contributed by atoms with Crippen LogP contribution in [0.2, 0.25) is 0 Å². The number of ether oxygens (including phenoxy) is 1. The summed E-state index contributed by atoms with van der Waals surface area (Å²) in [5.41, 5.74) is 6.66. The Morgan fingerprint density at radius 3 is 2.48 bits per heavy atom. The zero-order chi connectivity index (χ0) is 15.8. The molecule has 2 N–H and O–H groups in total. The molecule has 0 fully saturated rings. The molecule has 0 aliphatic rings. The summed E-state index contributed by atoms with van der Waals surface area (Å²) in [6.07, 6.45) is 0. The van der Waals surface area contributed by atoms with Gasteiger partial charge in [0, 0.05) is 14.1 Å². The van der Waals surface area contributed by atoms with Gasteiger partial charge >= 0.3 is 0 Å². The molecule has 2 rings (SSSR count). The molecule has 0 saturated carbocycles. The smallest absolute Gasteiger partial charge is 0.269 e. The van der Waals surface area contributed by atoms with E-state index in [1.807, 2.05) is 0 Å². The van der Waals surface area contributed by atoms with Crippen LogP contribution in [0, 0.1) is 6.92 Å². The molecular formula is C13H18N4O3S. The molecular weight excluding hydrogens is 292 g/mol. The number of nitrogens with zero attached hydrogens (tertiary/aromatic N) is 3. The van der Waals surface area contributed by atoms with Crippen LogP contribution in [0.3, 0.4) is 0 Å². The largest absolute Gasteiger partial charge is 0.495 e. The number of aromatic nitrogens is 2. The van der Waals surface area contributed by atoms with Crippen molar-refractivity contribution in [2.24, 2.45) is 7.05 Å². The summed E-state index contributed by atoms with van der Waals surface area (Å²) < 4.78 is 33.4. The minimum Gasteiger partial charge on any atom is -0.495 e. The molecule has 0 amide bonds. The van der Waals surface area contributed by atoms with Crippen molar-refractivity contribution in [2.45, 2.75) is 11.8 Å². The van der Waals surface area contributed by atoms with Crippen LogP contribution in [-0.2, 0) is 17.1 Å². The lowest BCUT2D eigenvalue weighted by Gasteiger charge is -2.21. The molecule has 1 aromatic carbocycles. The number of methoxy groups -OCH3 is 1. The van der Waals surface area contributed by atoms with Gasteiger partial charge in [0.05, 0.1) is 18.5 Å². The summed E-state index contributed by atoms with van der Waals surface area (Å²) in [6.45, 7) is 1.66. The van der Waals surface area contributed by atoms with Gasteiger partial charge < -0.3 is 10.5 Å². The van der Waals surface area contributed by atoms with E-state index in [0.717, 1.165) is 4.31 Å². The number of aryl methyl sites for hydroxylation is 1. The number of anilines is 2. The number of para-hydroxylation sites is 2. The molecule has 1 heterocycles. The van der Waals surface area contributed by atoms with Crippen molar-refractivity contribution < 1.29 is 13.2 Å². The quantitative estimate of drug-likeness (QED) is 0.914. The molecule has 2 aromatic rings. The Balaban J connectivity index is 2.58. The topological polar surface area (TPSA) is 90.4 Å². The van der Waals surface area contributed by atoms with E-state index in [9.17, 15) is 8.42 Å². The third-order valence-corrected chi connectivity index (χ3v) is 5.29. The Morgan fingerprint density at radius 2 is 1.95 bits per heavy atom. The van der Waals surface area contributed by atoms with Crippen molar-refractivity contribution in [1.29, 1.82) is 0 Å². The first kappa shape index (κ1) is 15.2. The molecule has 0 bridgehead atoms. The summed E-state index contributed by atoms with van der Waals surface area (Å²) in [4.78, 5) is 0.0124. The highest BCUT2D eigenvalue weighted by Gasteiger charge is 2.30. The standard InChI is InChI=1S/C13H18N4O3S/c1-9-12(13(14)15-16(9)2)21(18,19)17(3)10-7-5-6-8-11(10)20-4/h5-8H,1-4H3,(H2,14,15). The molecule has 0 saturated heterocycles. The average Bonchev–Trinajstić information content (AvgIpc) is 2.71. The fourth-order valence-electron chi connectivity index (χ4n) is 2.09. The lowest BCUT2D eigenvalue weighted by molar-refractivity contribution is 0.416. The molecule has 21 heavy (non-hydrogen) atoms. The van der Waals surface area contributed by atoms with Crippen molar-refractivity contribution >= 4 is 21.5 Å². The summed E-state index contributed by atoms with van der Waals surface area (Å²) in [5.74, 6) is 0.445. The van der Waals surface area contributed by atoms with Gasteiger partial charge in [-0.1, -0.05) is 12.1 Å². The van der Waals surface area contributed by atoms with Gasteiger partial charge in [-0.05, 0) is 19.1 Å². The third-order valence-electron chi connectivity index (χ3n) is 3.35. The first-order valence-corrected chi connectivity index (χ1v) is 7.65. The average molecular weight is 310 g/mol. The van der Waals surface area contributed by atoms with Crippen molar-refractivity contribution in [1.82, 2.24) is 9.78 Å². The zero-order valence-electron chi connectivity index (χ0n) is 12.4. The number of rotatable bonds is 4. The van der Waals surface area contributed by atoms with Gasteiger partial charge in [0.15, 0.2) is 10.7 Å². The highest BCUT2D eigenvalue weighted by Crippen LogP contribution is 2.33. The van der Waals surface area contributed by atoms with Gasteiger partial charge in [0.2, 0.25) is 0 Å². The van der Waals surface area contributed by atoms with Crippen molar-refractivity contribution in [2.75, 3.05) is 24.2 Å². The molecule has 0 unspecified atom stereocenters. The first-order chi connectivity index (χ1) is 9.80. The second kappa shape index (κ2) is 5.28. The monoisotopic (exact) mass is 310 g/mol. The maximum atomic E-state index is 12.8. The number of hydrogen-bond acceptors (Lipinski definition) is 5. The van der Waals surface area contributed by atoms with Crippen LogP contribution in [0.5, 0.6) is 5.75 Å². The van der Waals surface area contributed by atoms with Crippen molar-refractivity contribution in [3.05, 3.63) is 30.0 Å². The summed E-state index contributed by atoms with van der Waals surface area (Å²) in [5, 5.41) is 3.95. The van der Waals surface area contributed by atoms with E-state index in [2.05, 4.69) is 5.10 Å². The lowest BCUT2D eigenvalue weighted by atomic mass is 10.3. The van der Waals surface area contributed by atoms with Crippen LogP contribution in [0.15, 0.2) is 29.2 Å². The second-order valence-electron chi connectivity index (χ2n) is 4.57. The molecule has 1 aromatic heterocycles. The van der Waals surface area contributed by atoms with E-state index in [0.29, 0.717) is 17.1 Å². The number of sulfonamides is 1. The lowest BCUT2D eigenvalue weighted by Crippen LogP contribution is -2.28. The van der Waals surface area contributed by atoms with Crippen LogP contribution in [-0.4, -0.2) is 32.4 Å². The van der Waals surface area contributed by atoms with Crippen LogP contribution >= 0.6 is 0 Å². The van der Waals surface area contributed by atoms with E-state index in [1.54, 1.807) is 38.2 Å². The fraction of sp³-hybridized carbons (Fsp3) is 0.308. The SMILES string of the molecule is COc1ccccc1N(C)S(=O)(=O)c1c(N)nn(C)c1C. The molecule has 0 aliphatic heterocycles. The Bertz CT molecular complexity index is 768. The molecule has 7 nitrogen and oxygen atoms in total. The second-order valence-corrected chi connectivity index (χ2v) is 6.47. The van der Waals surface area contributed by atoms with E-state index >= 15 is 0 Å². The summed E-state index contributed by atoms with van der Waals surface area (Å²) >= 11 is 0. The Morgan fingerprint density at radius 1 is 1.33 bits per heavy atom. The number of nitrogens with two attached hydrogens (primary N) is 1. The van der Waals surface area contributed by atoms with Gasteiger partial charge in [-0.2, -0.15) is 5.10 Å². The van der Waals surface area contributed by atoms with Gasteiger partial charge in [-0.25, -0.2) is 8.42 Å². The normalized spacial score (nSPS) is 11.4. The van der Waals surface area contributed by atoms with Crippen LogP contribution < -0.4 is 14.8 Å². The maximum Gasteiger partial charge on any atom is 0.269 e. The van der Waals surface area contributed by atoms with Crippen LogP contribution in [0.1, 0.15) is 5.69 Å². The predicted molar refractivity (Wildman–Crippen MR) is 80.9 cm³/mol. The minimum absolute atomic E-state index is 0.0124. The Kier molecular flexibility index (Phi) is 3.82. The maximum absolute atomic E-state index is 12.8. The van der Waals surface area contributed by atoms with E-state index in [1.165, 1.54) is 18.8 Å². The van der Waals surface area contributed by atoms with Gasteiger partial charge in [0.25, 0.3) is 10.0 Å². The first-order valence-electron chi connectivity index (χ1n) is 6.21. The Labute approximate surface area is 124 Å². The van der Waals surface area contributed by atoms with Gasteiger partial charge in [-0.15, -0.1) is 0 Å². The molecule has 0 radical (unpaired) electrons. The number of benzene rings is 1. The van der Waals surface area contributed by atoms with Crippen LogP contribution in [0.25, 0.3) is 0 Å². The van der Waals surface area contributed by atoms with Crippen molar-refractivity contribution in [3.63, 3.8) is 0 Å². The van der Waals surface area contributed by atoms with Gasteiger partial charge in [0.1, 0.15) is 5.75 Å². The van der Waals surface area contributed by atoms with E-state index in [-0.39, 0.29) is 10.7 Å². The predicted octanol–water partition coefficient (Wildman–Crippen LogP) is 1.14. The number of hydrogen-bond donors (Lipinski definition) is 1. The minimum atomic E-state index is -3.82. The van der Waals surface area contributed by atoms with Crippen LogP contribution in [0.4, 0.5) is 11.5 Å². The molecule has 8 heteroatoms. The highest BCUT2D eigenvalue weighted by molar-refractivity contribution is 7.93. The number of nitrogen functional groups attached to an aromatic ring is 1. The molecule has 0 spiro atoms. The third kappa shape index (κ3) is 2.42. The highest BCUT2D eigenvalue weighted by atomic mass is 32.2. The van der Waals surface area contributed by atoms with E-state index < -0.39 is 10.0 Å². The zero-order valence-corrected chi connectivity index (χ0v) is 13.2. The van der Waals surface area contributed by atoms with E-state index in [4.69, 9.17) is 10.5 Å². The van der Waals surface area contributed by atoms with Gasteiger partial charge in [-0.3, -0.25) is 8.99 Å². The summed E-state index contributed by atoms with van der Waals surface area (Å²) in [7, 11) is 0.773. The molecule has 0 aliphatic carbocycles. The fourth-order valence-corrected chi connectivity index (χ4v) is 3.58. The van der Waals surface area contributed by atoms with Crippen molar-refractivity contribution in [3.8, 4) is 5.75 Å². The summed E-state index contributed by atoms with van der Waals surface area (Å²) in [6, 6.07) is 6.87. The Hall–Kier alpha value is -2.22.